The van der Waals surface area contributed by atoms with Gasteiger partial charge in [0.25, 0.3) is 0 Å². The number of hydrogen-bond acceptors (Lipinski definition) is 2. The number of halogens is 1. The number of rotatable bonds is 3. The third kappa shape index (κ3) is 2.41. The molecule has 80 valence electrons. The van der Waals surface area contributed by atoms with Gasteiger partial charge in [-0.05, 0) is 46.9 Å². The maximum atomic E-state index is 10.9. The lowest BCUT2D eigenvalue weighted by Crippen LogP contribution is -1.96. The second-order valence-corrected chi connectivity index (χ2v) is 4.47. The number of anilines is 2. The Labute approximate surface area is 108 Å². The van der Waals surface area contributed by atoms with Crippen molar-refractivity contribution in [3.63, 3.8) is 0 Å². The summed E-state index contributed by atoms with van der Waals surface area (Å²) >= 11 is 2.26. The fourth-order valence-electron chi connectivity index (χ4n) is 1.42. The SMILES string of the molecule is O=Cc1ccccc1Nc1ccccc1I. The summed E-state index contributed by atoms with van der Waals surface area (Å²) in [5.74, 6) is 0. The molecule has 0 unspecified atom stereocenters. The molecule has 0 aliphatic carbocycles. The van der Waals surface area contributed by atoms with Gasteiger partial charge in [0.15, 0.2) is 6.29 Å². The molecule has 2 aromatic carbocycles. The van der Waals surface area contributed by atoms with Crippen LogP contribution in [0.5, 0.6) is 0 Å². The molecule has 0 heterocycles. The average Bonchev–Trinajstić information content (AvgIpc) is 2.33. The zero-order chi connectivity index (χ0) is 11.4. The van der Waals surface area contributed by atoms with E-state index in [-0.39, 0.29) is 0 Å². The van der Waals surface area contributed by atoms with Crippen LogP contribution in [-0.4, -0.2) is 6.29 Å². The lowest BCUT2D eigenvalue weighted by Gasteiger charge is -2.09. The first-order valence-electron chi connectivity index (χ1n) is 4.87. The fraction of sp³-hybridized carbons (Fsp3) is 0. The first-order valence-corrected chi connectivity index (χ1v) is 5.95. The fourth-order valence-corrected chi connectivity index (χ4v) is 1.94. The standard InChI is InChI=1S/C13H10INO/c14-11-6-2-4-8-13(11)15-12-7-3-1-5-10(12)9-16/h1-9,15H. The van der Waals surface area contributed by atoms with Crippen LogP contribution in [-0.2, 0) is 0 Å². The van der Waals surface area contributed by atoms with E-state index >= 15 is 0 Å². The van der Waals surface area contributed by atoms with Crippen molar-refractivity contribution < 1.29 is 4.79 Å². The summed E-state index contributed by atoms with van der Waals surface area (Å²) in [5.41, 5.74) is 2.51. The Morgan fingerprint density at radius 1 is 0.938 bits per heavy atom. The number of nitrogens with one attached hydrogen (secondary N) is 1. The van der Waals surface area contributed by atoms with Crippen LogP contribution in [0.2, 0.25) is 0 Å². The molecule has 0 aliphatic heterocycles. The third-order valence-electron chi connectivity index (χ3n) is 2.23. The van der Waals surface area contributed by atoms with Crippen molar-refractivity contribution in [3.8, 4) is 0 Å². The number of benzene rings is 2. The van der Waals surface area contributed by atoms with E-state index in [1.165, 1.54) is 0 Å². The van der Waals surface area contributed by atoms with E-state index in [4.69, 9.17) is 0 Å². The quantitative estimate of drug-likeness (QED) is 0.687. The summed E-state index contributed by atoms with van der Waals surface area (Å²) < 4.78 is 1.13. The monoisotopic (exact) mass is 323 g/mol. The molecule has 0 amide bonds. The van der Waals surface area contributed by atoms with Gasteiger partial charge in [-0.15, -0.1) is 0 Å². The van der Waals surface area contributed by atoms with Gasteiger partial charge in [0.1, 0.15) is 0 Å². The van der Waals surface area contributed by atoms with Gasteiger partial charge < -0.3 is 5.32 Å². The minimum Gasteiger partial charge on any atom is -0.354 e. The van der Waals surface area contributed by atoms with E-state index < -0.39 is 0 Å². The number of carbonyl (C=O) groups excluding carboxylic acids is 1. The molecule has 2 aromatic rings. The zero-order valence-electron chi connectivity index (χ0n) is 8.48. The van der Waals surface area contributed by atoms with Gasteiger partial charge in [0.2, 0.25) is 0 Å². The third-order valence-corrected chi connectivity index (χ3v) is 3.17. The Hall–Kier alpha value is -1.36. The molecule has 0 fully saturated rings. The van der Waals surface area contributed by atoms with Gasteiger partial charge in [-0.25, -0.2) is 0 Å². The van der Waals surface area contributed by atoms with E-state index in [1.807, 2.05) is 42.5 Å². The molecule has 16 heavy (non-hydrogen) atoms. The van der Waals surface area contributed by atoms with Crippen LogP contribution in [0.4, 0.5) is 11.4 Å². The maximum absolute atomic E-state index is 10.9. The highest BCUT2D eigenvalue weighted by molar-refractivity contribution is 14.1. The van der Waals surface area contributed by atoms with Gasteiger partial charge in [0, 0.05) is 14.8 Å². The van der Waals surface area contributed by atoms with Crippen molar-refractivity contribution in [2.45, 2.75) is 0 Å². The Bertz CT molecular complexity index is 511. The summed E-state index contributed by atoms with van der Waals surface area (Å²) in [6.07, 6.45) is 0.859. The minimum absolute atomic E-state index is 0.669. The van der Waals surface area contributed by atoms with Crippen molar-refractivity contribution in [2.24, 2.45) is 0 Å². The van der Waals surface area contributed by atoms with Gasteiger partial charge in [-0.3, -0.25) is 4.79 Å². The number of hydrogen-bond donors (Lipinski definition) is 1. The second kappa shape index (κ2) is 5.12. The normalized spacial score (nSPS) is 9.81. The predicted molar refractivity (Wildman–Crippen MR) is 74.3 cm³/mol. The molecular formula is C13H10INO. The summed E-state index contributed by atoms with van der Waals surface area (Å²) in [6, 6.07) is 15.4. The summed E-state index contributed by atoms with van der Waals surface area (Å²) in [4.78, 5) is 10.9. The second-order valence-electron chi connectivity index (χ2n) is 3.31. The molecule has 0 aliphatic rings. The van der Waals surface area contributed by atoms with Crippen molar-refractivity contribution in [2.75, 3.05) is 5.32 Å². The molecule has 0 bridgehead atoms. The lowest BCUT2D eigenvalue weighted by molar-refractivity contribution is 0.112. The van der Waals surface area contributed by atoms with Crippen molar-refractivity contribution >= 4 is 40.3 Å². The summed E-state index contributed by atoms with van der Waals surface area (Å²) in [6.45, 7) is 0. The number of carbonyl (C=O) groups is 1. The first kappa shape index (κ1) is 11.1. The van der Waals surface area contributed by atoms with E-state index in [0.29, 0.717) is 5.56 Å². The average molecular weight is 323 g/mol. The molecule has 2 nitrogen and oxygen atoms in total. The Balaban J connectivity index is 2.34. The molecule has 0 spiro atoms. The lowest BCUT2D eigenvalue weighted by atomic mass is 10.2. The van der Waals surface area contributed by atoms with Crippen LogP contribution < -0.4 is 5.32 Å². The Morgan fingerprint density at radius 2 is 1.56 bits per heavy atom. The topological polar surface area (TPSA) is 29.1 Å². The highest BCUT2D eigenvalue weighted by atomic mass is 127. The smallest absolute Gasteiger partial charge is 0.152 e. The van der Waals surface area contributed by atoms with E-state index in [1.54, 1.807) is 6.07 Å². The number of para-hydroxylation sites is 2. The van der Waals surface area contributed by atoms with Crippen molar-refractivity contribution in [1.29, 1.82) is 0 Å². The van der Waals surface area contributed by atoms with Gasteiger partial charge in [-0.2, -0.15) is 0 Å². The predicted octanol–water partition coefficient (Wildman–Crippen LogP) is 3.85. The minimum atomic E-state index is 0.669. The van der Waals surface area contributed by atoms with Gasteiger partial charge >= 0.3 is 0 Å². The molecule has 0 saturated carbocycles. The van der Waals surface area contributed by atoms with Crippen molar-refractivity contribution in [3.05, 3.63) is 57.7 Å². The zero-order valence-corrected chi connectivity index (χ0v) is 10.6. The molecule has 0 atom stereocenters. The summed E-state index contributed by atoms with van der Waals surface area (Å²) in [7, 11) is 0. The van der Waals surface area contributed by atoms with Crippen LogP contribution in [0.3, 0.4) is 0 Å². The molecule has 2 rings (SSSR count). The molecule has 3 heteroatoms. The van der Waals surface area contributed by atoms with Crippen LogP contribution >= 0.6 is 22.6 Å². The van der Waals surface area contributed by atoms with Gasteiger partial charge in [0.05, 0.1) is 5.69 Å². The number of aldehydes is 1. The van der Waals surface area contributed by atoms with Gasteiger partial charge in [-0.1, -0.05) is 24.3 Å². The largest absolute Gasteiger partial charge is 0.354 e. The van der Waals surface area contributed by atoms with Crippen LogP contribution in [0.25, 0.3) is 0 Å². The molecule has 0 radical (unpaired) electrons. The molecule has 0 aromatic heterocycles. The highest BCUT2D eigenvalue weighted by Crippen LogP contribution is 2.23. The van der Waals surface area contributed by atoms with Crippen LogP contribution in [0, 0.1) is 3.57 Å². The maximum Gasteiger partial charge on any atom is 0.152 e. The molecule has 0 saturated heterocycles. The van der Waals surface area contributed by atoms with Crippen LogP contribution in [0.15, 0.2) is 48.5 Å². The molecule has 1 N–H and O–H groups in total. The van der Waals surface area contributed by atoms with E-state index in [2.05, 4.69) is 27.9 Å². The highest BCUT2D eigenvalue weighted by Gasteiger charge is 2.02. The van der Waals surface area contributed by atoms with Crippen LogP contribution in [0.1, 0.15) is 10.4 Å². The summed E-state index contributed by atoms with van der Waals surface area (Å²) in [5, 5.41) is 3.25. The Morgan fingerprint density at radius 3 is 2.25 bits per heavy atom. The Kier molecular flexibility index (Phi) is 3.56. The van der Waals surface area contributed by atoms with E-state index in [0.717, 1.165) is 21.2 Å². The van der Waals surface area contributed by atoms with Crippen molar-refractivity contribution in [1.82, 2.24) is 0 Å². The van der Waals surface area contributed by atoms with E-state index in [9.17, 15) is 4.79 Å². The molecular weight excluding hydrogens is 313 g/mol. The first-order chi connectivity index (χ1) is 7.81.